The number of ether oxygens (including phenoxy) is 1. The Morgan fingerprint density at radius 2 is 1.89 bits per heavy atom. The number of carbonyl (C=O) groups excluding carboxylic acids is 1. The van der Waals surface area contributed by atoms with Crippen LogP contribution in [-0.4, -0.2) is 12.4 Å². The predicted octanol–water partition coefficient (Wildman–Crippen LogP) is 3.70. The molecule has 0 spiro atoms. The number of hydrogen-bond acceptors (Lipinski definition) is 2. The van der Waals surface area contributed by atoms with Crippen LogP contribution < -0.4 is 0 Å². The van der Waals surface area contributed by atoms with E-state index in [9.17, 15) is 4.79 Å². The van der Waals surface area contributed by atoms with E-state index in [1.54, 1.807) is 18.2 Å². The number of hydrogen-bond donors (Lipinski definition) is 0. The van der Waals surface area contributed by atoms with Crippen molar-refractivity contribution >= 4 is 21.7 Å². The second-order valence-electron chi connectivity index (χ2n) is 4.09. The molecule has 1 aromatic rings. The molecule has 0 N–H and O–H groups in total. The zero-order valence-corrected chi connectivity index (χ0v) is 11.9. The first-order valence-corrected chi connectivity index (χ1v) is 6.62. The summed E-state index contributed by atoms with van der Waals surface area (Å²) >= 11 is 3.41. The van der Waals surface area contributed by atoms with E-state index in [2.05, 4.69) is 28.2 Å². The monoisotopic (exact) mass is 316 g/mol. The normalized spacial score (nSPS) is 16.2. The number of allylic oxidation sites excluding steroid dienone is 2. The molecule has 1 aliphatic rings. The zero-order valence-electron chi connectivity index (χ0n) is 10.3. The van der Waals surface area contributed by atoms with Crippen LogP contribution in [0.1, 0.15) is 5.56 Å². The van der Waals surface area contributed by atoms with Crippen molar-refractivity contribution in [3.8, 4) is 0 Å². The molecule has 0 aliphatic heterocycles. The lowest BCUT2D eigenvalue weighted by atomic mass is 9.89. The largest absolute Gasteiger partial charge is 0.357 e. The van der Waals surface area contributed by atoms with Gasteiger partial charge in [-0.15, -0.1) is 5.73 Å². The van der Waals surface area contributed by atoms with Crippen molar-refractivity contribution in [2.45, 2.75) is 5.60 Å². The molecule has 3 heteroatoms. The van der Waals surface area contributed by atoms with E-state index in [0.29, 0.717) is 6.61 Å². The van der Waals surface area contributed by atoms with Crippen molar-refractivity contribution < 1.29 is 9.53 Å². The predicted molar refractivity (Wildman–Crippen MR) is 78.8 cm³/mol. The number of ketones is 1. The van der Waals surface area contributed by atoms with Crippen LogP contribution in [0.4, 0.5) is 0 Å². The van der Waals surface area contributed by atoms with Crippen molar-refractivity contribution in [2.24, 2.45) is 0 Å². The summed E-state index contributed by atoms with van der Waals surface area (Å²) < 4.78 is 6.88. The average molecular weight is 317 g/mol. The smallest absolute Gasteiger partial charge is 0.178 e. The summed E-state index contributed by atoms with van der Waals surface area (Å²) in [6.07, 6.45) is 8.31. The summed E-state index contributed by atoms with van der Waals surface area (Å²) in [6, 6.07) is 7.82. The minimum absolute atomic E-state index is 0.0319. The number of benzene rings is 1. The Labute approximate surface area is 120 Å². The fourth-order valence-electron chi connectivity index (χ4n) is 1.84. The SMILES string of the molecule is C=C=CCOC1(c2ccc(Br)cc2)C=CC(=O)C=C1. The van der Waals surface area contributed by atoms with E-state index in [4.69, 9.17) is 4.74 Å². The maximum absolute atomic E-state index is 11.3. The molecule has 0 unspecified atom stereocenters. The summed E-state index contributed by atoms with van der Waals surface area (Å²) in [5, 5.41) is 0. The van der Waals surface area contributed by atoms with Gasteiger partial charge in [-0.25, -0.2) is 0 Å². The Hall–Kier alpha value is -1.67. The van der Waals surface area contributed by atoms with Gasteiger partial charge in [0, 0.05) is 4.47 Å². The molecule has 2 nitrogen and oxygen atoms in total. The fraction of sp³-hybridized carbons (Fsp3) is 0.125. The van der Waals surface area contributed by atoms with E-state index in [1.807, 2.05) is 24.3 Å². The quantitative estimate of drug-likeness (QED) is 0.792. The highest BCUT2D eigenvalue weighted by Gasteiger charge is 2.29. The number of carbonyl (C=O) groups is 1. The third kappa shape index (κ3) is 3.21. The van der Waals surface area contributed by atoms with Gasteiger partial charge >= 0.3 is 0 Å². The van der Waals surface area contributed by atoms with Crippen LogP contribution >= 0.6 is 15.9 Å². The molecule has 1 aliphatic carbocycles. The maximum Gasteiger partial charge on any atom is 0.178 e. The van der Waals surface area contributed by atoms with Gasteiger partial charge in [-0.3, -0.25) is 4.79 Å². The Kier molecular flexibility index (Phi) is 4.33. The van der Waals surface area contributed by atoms with Crippen LogP contribution in [0.25, 0.3) is 0 Å². The first-order valence-electron chi connectivity index (χ1n) is 5.83. The minimum Gasteiger partial charge on any atom is -0.357 e. The molecule has 0 radical (unpaired) electrons. The van der Waals surface area contributed by atoms with E-state index >= 15 is 0 Å². The van der Waals surface area contributed by atoms with E-state index in [1.165, 1.54) is 12.2 Å². The average Bonchev–Trinajstić information content (AvgIpc) is 2.42. The summed E-state index contributed by atoms with van der Waals surface area (Å²) in [5.41, 5.74) is 2.93. The van der Waals surface area contributed by atoms with E-state index in [-0.39, 0.29) is 5.78 Å². The van der Waals surface area contributed by atoms with E-state index < -0.39 is 5.60 Å². The summed E-state index contributed by atoms with van der Waals surface area (Å²) in [6.45, 7) is 3.88. The van der Waals surface area contributed by atoms with Crippen LogP contribution in [0.15, 0.2) is 71.4 Å². The highest BCUT2D eigenvalue weighted by molar-refractivity contribution is 9.10. The lowest BCUT2D eigenvalue weighted by Crippen LogP contribution is -2.27. The molecule has 0 bridgehead atoms. The zero-order chi connectivity index (χ0) is 13.7. The minimum atomic E-state index is -0.706. The van der Waals surface area contributed by atoms with Gasteiger partial charge in [0.25, 0.3) is 0 Å². The lowest BCUT2D eigenvalue weighted by molar-refractivity contribution is -0.110. The third-order valence-electron chi connectivity index (χ3n) is 2.84. The summed E-state index contributed by atoms with van der Waals surface area (Å²) in [4.78, 5) is 11.3. The second-order valence-corrected chi connectivity index (χ2v) is 5.00. The van der Waals surface area contributed by atoms with Gasteiger partial charge in [-0.05, 0) is 48.1 Å². The Morgan fingerprint density at radius 1 is 1.26 bits per heavy atom. The number of halogens is 1. The molecule has 0 fully saturated rings. The highest BCUT2D eigenvalue weighted by atomic mass is 79.9. The van der Waals surface area contributed by atoms with Crippen molar-refractivity contribution in [3.05, 3.63) is 77.0 Å². The summed E-state index contributed by atoms with van der Waals surface area (Å²) in [5.74, 6) is -0.0319. The van der Waals surface area contributed by atoms with Gasteiger partial charge in [0.15, 0.2) is 5.78 Å². The van der Waals surface area contributed by atoms with Crippen LogP contribution in [0.2, 0.25) is 0 Å². The number of rotatable bonds is 4. The lowest BCUT2D eigenvalue weighted by Gasteiger charge is -2.29. The topological polar surface area (TPSA) is 26.3 Å². The Morgan fingerprint density at radius 3 is 2.47 bits per heavy atom. The molecule has 0 saturated carbocycles. The van der Waals surface area contributed by atoms with Crippen molar-refractivity contribution in [3.63, 3.8) is 0 Å². The van der Waals surface area contributed by atoms with Gasteiger partial charge in [0.05, 0.1) is 6.61 Å². The van der Waals surface area contributed by atoms with Crippen molar-refractivity contribution in [1.82, 2.24) is 0 Å². The van der Waals surface area contributed by atoms with Crippen LogP contribution in [-0.2, 0) is 15.1 Å². The molecule has 0 amide bonds. The standard InChI is InChI=1S/C16H13BrO2/c1-2-3-12-19-16(10-8-15(18)9-11-16)13-4-6-14(17)7-5-13/h3-11H,1,12H2. The van der Waals surface area contributed by atoms with Gasteiger partial charge in [0.2, 0.25) is 0 Å². The van der Waals surface area contributed by atoms with Gasteiger partial charge in [0.1, 0.15) is 5.60 Å². The van der Waals surface area contributed by atoms with Crippen molar-refractivity contribution in [1.29, 1.82) is 0 Å². The summed E-state index contributed by atoms with van der Waals surface area (Å²) in [7, 11) is 0. The fourth-order valence-corrected chi connectivity index (χ4v) is 2.11. The van der Waals surface area contributed by atoms with Gasteiger partial charge in [-0.1, -0.05) is 34.6 Å². The highest BCUT2D eigenvalue weighted by Crippen LogP contribution is 2.32. The molecule has 96 valence electrons. The van der Waals surface area contributed by atoms with Gasteiger partial charge < -0.3 is 4.74 Å². The molecule has 19 heavy (non-hydrogen) atoms. The molecule has 0 heterocycles. The van der Waals surface area contributed by atoms with Crippen LogP contribution in [0.3, 0.4) is 0 Å². The van der Waals surface area contributed by atoms with Gasteiger partial charge in [-0.2, -0.15) is 0 Å². The molecule has 0 aromatic heterocycles. The molecular formula is C16H13BrO2. The first kappa shape index (κ1) is 13.8. The Balaban J connectivity index is 2.36. The van der Waals surface area contributed by atoms with E-state index in [0.717, 1.165) is 10.0 Å². The molecule has 0 saturated heterocycles. The molecular weight excluding hydrogens is 304 g/mol. The molecule has 0 atom stereocenters. The Bertz CT molecular complexity index is 559. The van der Waals surface area contributed by atoms with Crippen LogP contribution in [0, 0.1) is 0 Å². The molecule has 2 rings (SSSR count). The second kappa shape index (κ2) is 5.98. The third-order valence-corrected chi connectivity index (χ3v) is 3.36. The van der Waals surface area contributed by atoms with Crippen molar-refractivity contribution in [2.75, 3.05) is 6.61 Å². The van der Waals surface area contributed by atoms with Crippen LogP contribution in [0.5, 0.6) is 0 Å². The maximum atomic E-state index is 11.3. The molecule has 1 aromatic carbocycles. The first-order chi connectivity index (χ1) is 9.16.